The largest absolute Gasteiger partial charge is 0.465 e. The molecule has 1 aliphatic heterocycles. The summed E-state index contributed by atoms with van der Waals surface area (Å²) in [6.07, 6.45) is 2.68. The summed E-state index contributed by atoms with van der Waals surface area (Å²) >= 11 is 0. The van der Waals surface area contributed by atoms with E-state index in [9.17, 15) is 9.90 Å². The Hall–Kier alpha value is -1.66. The number of amides is 1. The first-order valence-corrected chi connectivity index (χ1v) is 7.00. The average molecular weight is 277 g/mol. The van der Waals surface area contributed by atoms with E-state index in [2.05, 4.69) is 15.2 Å². The molecule has 1 aromatic rings. The number of pyridine rings is 1. The minimum Gasteiger partial charge on any atom is -0.465 e. The zero-order valence-electron chi connectivity index (χ0n) is 11.2. The number of piperidine rings is 1. The van der Waals surface area contributed by atoms with E-state index < -0.39 is 12.2 Å². The highest BCUT2D eigenvalue weighted by Gasteiger charge is 2.38. The van der Waals surface area contributed by atoms with Crippen LogP contribution in [0.2, 0.25) is 0 Å². The molecule has 0 unspecified atom stereocenters. The summed E-state index contributed by atoms with van der Waals surface area (Å²) in [7, 11) is 0. The Labute approximate surface area is 117 Å². The predicted octanol–water partition coefficient (Wildman–Crippen LogP) is 0.772. The summed E-state index contributed by atoms with van der Waals surface area (Å²) in [6, 6.07) is 3.78. The normalized spacial score (nSPS) is 29.9. The number of nitrogens with one attached hydrogen (secondary N) is 1. The van der Waals surface area contributed by atoms with Crippen LogP contribution in [0.5, 0.6) is 0 Å². The van der Waals surface area contributed by atoms with Gasteiger partial charge in [0, 0.05) is 30.9 Å². The van der Waals surface area contributed by atoms with E-state index >= 15 is 0 Å². The topological polar surface area (TPSA) is 85.7 Å². The summed E-state index contributed by atoms with van der Waals surface area (Å²) in [5.41, 5.74) is 2.04. The minimum absolute atomic E-state index is 0.0582. The van der Waals surface area contributed by atoms with Gasteiger partial charge in [0.1, 0.15) is 0 Å². The fourth-order valence-corrected chi connectivity index (χ4v) is 3.40. The summed E-state index contributed by atoms with van der Waals surface area (Å²) in [5, 5.41) is 21.7. The fourth-order valence-electron chi connectivity index (χ4n) is 3.40. The van der Waals surface area contributed by atoms with Crippen molar-refractivity contribution in [3.8, 4) is 0 Å². The van der Waals surface area contributed by atoms with Crippen LogP contribution in [0, 0.1) is 0 Å². The molecule has 1 saturated heterocycles. The maximum atomic E-state index is 10.8. The highest BCUT2D eigenvalue weighted by Crippen LogP contribution is 2.36. The average Bonchev–Trinajstić information content (AvgIpc) is 2.74. The van der Waals surface area contributed by atoms with Gasteiger partial charge in [0.25, 0.3) is 0 Å². The smallest absolute Gasteiger partial charge is 0.404 e. The lowest BCUT2D eigenvalue weighted by Crippen LogP contribution is -2.49. The van der Waals surface area contributed by atoms with E-state index in [4.69, 9.17) is 5.11 Å². The highest BCUT2D eigenvalue weighted by molar-refractivity contribution is 5.64. The molecular weight excluding hydrogens is 258 g/mol. The van der Waals surface area contributed by atoms with Gasteiger partial charge in [0.15, 0.2) is 0 Å². The number of aliphatic hydroxyl groups excluding tert-OH is 1. The van der Waals surface area contributed by atoms with Crippen LogP contribution in [0.15, 0.2) is 18.3 Å². The Balaban J connectivity index is 1.77. The predicted molar refractivity (Wildman–Crippen MR) is 72.4 cm³/mol. The molecule has 2 heterocycles. The lowest BCUT2D eigenvalue weighted by Gasteiger charge is -2.38. The summed E-state index contributed by atoms with van der Waals surface area (Å²) < 4.78 is 0. The second-order valence-electron chi connectivity index (χ2n) is 5.54. The number of hydrogen-bond acceptors (Lipinski definition) is 4. The monoisotopic (exact) mass is 277 g/mol. The highest BCUT2D eigenvalue weighted by atomic mass is 16.4. The quantitative estimate of drug-likeness (QED) is 0.743. The third-order valence-electron chi connectivity index (χ3n) is 4.18. The van der Waals surface area contributed by atoms with Crippen molar-refractivity contribution >= 4 is 6.09 Å². The first-order chi connectivity index (χ1) is 9.65. The van der Waals surface area contributed by atoms with E-state index in [1.54, 1.807) is 6.20 Å². The van der Waals surface area contributed by atoms with Crippen molar-refractivity contribution in [2.45, 2.75) is 37.5 Å². The molecule has 6 nitrogen and oxygen atoms in total. The second kappa shape index (κ2) is 5.38. The number of fused-ring (bicyclic) bond motifs is 1. The number of carboxylic acid groups (broad SMARTS) is 1. The van der Waals surface area contributed by atoms with Gasteiger partial charge in [0.2, 0.25) is 0 Å². The Morgan fingerprint density at radius 1 is 1.50 bits per heavy atom. The van der Waals surface area contributed by atoms with Gasteiger partial charge < -0.3 is 15.5 Å². The Kier molecular flexibility index (Phi) is 3.58. The second-order valence-corrected chi connectivity index (χ2v) is 5.54. The molecule has 0 bridgehead atoms. The van der Waals surface area contributed by atoms with Gasteiger partial charge in [-0.25, -0.2) is 4.79 Å². The number of aromatic nitrogens is 1. The van der Waals surface area contributed by atoms with Crippen molar-refractivity contribution in [1.82, 2.24) is 15.2 Å². The molecule has 0 spiro atoms. The van der Waals surface area contributed by atoms with Crippen LogP contribution < -0.4 is 5.32 Å². The van der Waals surface area contributed by atoms with E-state index in [1.807, 2.05) is 12.1 Å². The molecule has 1 amide bonds. The molecule has 2 aliphatic rings. The van der Waals surface area contributed by atoms with Gasteiger partial charge in [-0.1, -0.05) is 6.07 Å². The van der Waals surface area contributed by atoms with Crippen LogP contribution in [0.3, 0.4) is 0 Å². The van der Waals surface area contributed by atoms with Crippen LogP contribution in [0.4, 0.5) is 4.79 Å². The number of likely N-dealkylation sites (tertiary alicyclic amines) is 1. The Bertz CT molecular complexity index is 508. The van der Waals surface area contributed by atoms with E-state index in [1.165, 1.54) is 0 Å². The van der Waals surface area contributed by atoms with Crippen molar-refractivity contribution in [3.63, 3.8) is 0 Å². The molecule has 6 heteroatoms. The molecule has 3 rings (SSSR count). The van der Waals surface area contributed by atoms with Gasteiger partial charge in [0.05, 0.1) is 12.1 Å². The van der Waals surface area contributed by atoms with E-state index in [0.29, 0.717) is 13.0 Å². The zero-order chi connectivity index (χ0) is 14.1. The third kappa shape index (κ3) is 2.48. The van der Waals surface area contributed by atoms with Crippen molar-refractivity contribution in [1.29, 1.82) is 0 Å². The molecule has 20 heavy (non-hydrogen) atoms. The van der Waals surface area contributed by atoms with Crippen LogP contribution >= 0.6 is 0 Å². The van der Waals surface area contributed by atoms with E-state index in [0.717, 1.165) is 30.6 Å². The van der Waals surface area contributed by atoms with Crippen LogP contribution in [0.25, 0.3) is 0 Å². The summed E-state index contributed by atoms with van der Waals surface area (Å²) in [4.78, 5) is 17.3. The fraction of sp³-hybridized carbons (Fsp3) is 0.571. The maximum absolute atomic E-state index is 10.8. The lowest BCUT2D eigenvalue weighted by molar-refractivity contribution is 0.0410. The number of nitrogens with zero attached hydrogens (tertiary/aromatic N) is 2. The molecular formula is C14H19N3O3. The van der Waals surface area contributed by atoms with Crippen molar-refractivity contribution in [2.24, 2.45) is 0 Å². The number of aliphatic hydroxyl groups is 1. The van der Waals surface area contributed by atoms with Gasteiger partial charge in [-0.05, 0) is 31.0 Å². The molecule has 0 saturated carbocycles. The van der Waals surface area contributed by atoms with Gasteiger partial charge in [-0.15, -0.1) is 0 Å². The first kappa shape index (κ1) is 13.3. The van der Waals surface area contributed by atoms with Gasteiger partial charge >= 0.3 is 6.09 Å². The van der Waals surface area contributed by atoms with Crippen molar-refractivity contribution < 1.29 is 15.0 Å². The SMILES string of the molecule is O=C(O)N[C@@H]1CCCN([C@H]2c3cccnc3C[C@H]2O)C1. The third-order valence-corrected chi connectivity index (χ3v) is 4.18. The van der Waals surface area contributed by atoms with Crippen molar-refractivity contribution in [2.75, 3.05) is 13.1 Å². The van der Waals surface area contributed by atoms with Gasteiger partial charge in [-0.2, -0.15) is 0 Å². The minimum atomic E-state index is -0.981. The number of hydrogen-bond donors (Lipinski definition) is 3. The molecule has 0 aromatic carbocycles. The Morgan fingerprint density at radius 2 is 2.35 bits per heavy atom. The molecule has 1 fully saturated rings. The molecule has 1 aliphatic carbocycles. The van der Waals surface area contributed by atoms with E-state index in [-0.39, 0.29) is 12.1 Å². The first-order valence-electron chi connectivity index (χ1n) is 7.00. The molecule has 1 aromatic heterocycles. The molecule has 108 valence electrons. The Morgan fingerprint density at radius 3 is 3.15 bits per heavy atom. The number of carbonyl (C=O) groups is 1. The van der Waals surface area contributed by atoms with Crippen LogP contribution in [-0.2, 0) is 6.42 Å². The summed E-state index contributed by atoms with van der Waals surface area (Å²) in [6.45, 7) is 1.52. The standard InChI is InChI=1S/C14H19N3O3/c18-12-7-11-10(4-1-5-15-11)13(12)17-6-2-3-9(8-17)16-14(19)20/h1,4-5,9,12-13,16,18H,2-3,6-8H2,(H,19,20)/t9-,12-,13+/m1/s1. The zero-order valence-corrected chi connectivity index (χ0v) is 11.2. The molecule has 0 radical (unpaired) electrons. The molecule has 3 atom stereocenters. The van der Waals surface area contributed by atoms with Crippen molar-refractivity contribution in [3.05, 3.63) is 29.6 Å². The lowest BCUT2D eigenvalue weighted by atomic mass is 10.0. The van der Waals surface area contributed by atoms with Gasteiger partial charge in [-0.3, -0.25) is 9.88 Å². The number of rotatable bonds is 2. The van der Waals surface area contributed by atoms with Crippen LogP contribution in [0.1, 0.15) is 30.1 Å². The van der Waals surface area contributed by atoms with Crippen LogP contribution in [-0.4, -0.2) is 51.4 Å². The molecule has 3 N–H and O–H groups in total. The maximum Gasteiger partial charge on any atom is 0.404 e. The summed E-state index contributed by atoms with van der Waals surface area (Å²) in [5.74, 6) is 0.